The van der Waals surface area contributed by atoms with Gasteiger partial charge in [0, 0.05) is 5.02 Å². The van der Waals surface area contributed by atoms with Gasteiger partial charge in [-0.25, -0.2) is 8.78 Å². The highest BCUT2D eigenvalue weighted by Gasteiger charge is 2.10. The van der Waals surface area contributed by atoms with Crippen LogP contribution in [0.1, 0.15) is 24.0 Å². The number of alkyl halides is 2. The van der Waals surface area contributed by atoms with Gasteiger partial charge in [-0.05, 0) is 30.2 Å². The third-order valence-electron chi connectivity index (χ3n) is 3.07. The molecule has 1 aliphatic rings. The van der Waals surface area contributed by atoms with Gasteiger partial charge >= 0.3 is 0 Å². The Morgan fingerprint density at radius 1 is 1.37 bits per heavy atom. The number of benzene rings is 1. The largest absolute Gasteiger partial charge is 0.656 e. The molecule has 1 aliphatic carbocycles. The van der Waals surface area contributed by atoms with Crippen molar-refractivity contribution in [1.29, 1.82) is 0 Å². The summed E-state index contributed by atoms with van der Waals surface area (Å²) in [6.07, 6.45) is 0.808. The first kappa shape index (κ1) is 14.7. The van der Waals surface area contributed by atoms with Crippen LogP contribution in [-0.2, 0) is 13.0 Å². The third-order valence-corrected chi connectivity index (χ3v) is 3.43. The van der Waals surface area contributed by atoms with Crippen molar-refractivity contribution in [3.8, 4) is 0 Å². The fourth-order valence-electron chi connectivity index (χ4n) is 1.83. The summed E-state index contributed by atoms with van der Waals surface area (Å²) in [6.45, 7) is 0.949. The molecule has 1 aromatic rings. The average molecular weight is 288 g/mol. The van der Waals surface area contributed by atoms with Crippen molar-refractivity contribution >= 4 is 11.6 Å². The first-order chi connectivity index (χ1) is 9.15. The number of nitrogens with zero attached hydrogens (tertiary/aromatic N) is 1. The van der Waals surface area contributed by atoms with Gasteiger partial charge in [-0.3, -0.25) is 0 Å². The lowest BCUT2D eigenvalue weighted by molar-refractivity contribution is 0.146. The molecular weight excluding hydrogens is 270 g/mol. The van der Waals surface area contributed by atoms with Gasteiger partial charge < -0.3 is 10.6 Å². The van der Waals surface area contributed by atoms with E-state index in [2.05, 4.69) is 10.6 Å². The van der Waals surface area contributed by atoms with E-state index in [1.165, 1.54) is 12.8 Å². The Kier molecular flexibility index (Phi) is 5.55. The van der Waals surface area contributed by atoms with Gasteiger partial charge in [0.05, 0.1) is 6.54 Å². The maximum absolute atomic E-state index is 12.0. The predicted molar refractivity (Wildman–Crippen MR) is 74.1 cm³/mol. The van der Waals surface area contributed by atoms with E-state index in [0.29, 0.717) is 19.1 Å². The summed E-state index contributed by atoms with van der Waals surface area (Å²) in [7, 11) is 0. The molecule has 0 bridgehead atoms. The van der Waals surface area contributed by atoms with Crippen LogP contribution < -0.4 is 5.32 Å². The van der Waals surface area contributed by atoms with Crippen molar-refractivity contribution in [2.45, 2.75) is 38.3 Å². The summed E-state index contributed by atoms with van der Waals surface area (Å²) < 4.78 is 23.9. The highest BCUT2D eigenvalue weighted by atomic mass is 35.5. The molecule has 5 heteroatoms. The van der Waals surface area contributed by atoms with E-state index < -0.39 is 6.43 Å². The molecule has 0 atom stereocenters. The summed E-state index contributed by atoms with van der Waals surface area (Å²) in [5, 5.41) is 7.98. The molecule has 0 heterocycles. The van der Waals surface area contributed by atoms with Crippen molar-refractivity contribution in [3.63, 3.8) is 0 Å². The van der Waals surface area contributed by atoms with Crippen molar-refractivity contribution in [2.75, 3.05) is 13.1 Å². The lowest BCUT2D eigenvalue weighted by atomic mass is 10.1. The van der Waals surface area contributed by atoms with Crippen molar-refractivity contribution < 1.29 is 8.78 Å². The molecule has 106 valence electrons. The topological polar surface area (TPSA) is 26.1 Å². The molecule has 0 amide bonds. The summed E-state index contributed by atoms with van der Waals surface area (Å²) >= 11 is 6.13. The molecule has 2 rings (SSSR count). The normalized spacial score (nSPS) is 15.2. The van der Waals surface area contributed by atoms with E-state index in [9.17, 15) is 8.78 Å². The molecule has 1 aromatic carbocycles. The molecule has 1 N–H and O–H groups in total. The number of halogens is 3. The van der Waals surface area contributed by atoms with Crippen LogP contribution in [0.3, 0.4) is 0 Å². The summed E-state index contributed by atoms with van der Waals surface area (Å²) in [4.78, 5) is 0. The second-order valence-corrected chi connectivity index (χ2v) is 5.25. The molecule has 0 saturated heterocycles. The number of nitrogens with one attached hydrogen (secondary N) is 1. The Morgan fingerprint density at radius 2 is 2.16 bits per heavy atom. The lowest BCUT2D eigenvalue weighted by Crippen LogP contribution is -2.23. The summed E-state index contributed by atoms with van der Waals surface area (Å²) in [6, 6.07) is 6.35. The van der Waals surface area contributed by atoms with E-state index in [1.807, 2.05) is 18.2 Å². The molecule has 0 unspecified atom stereocenters. The molecule has 19 heavy (non-hydrogen) atoms. The second kappa shape index (κ2) is 7.17. The molecule has 0 spiro atoms. The van der Waals surface area contributed by atoms with Gasteiger partial charge in [0.25, 0.3) is 6.43 Å². The van der Waals surface area contributed by atoms with Crippen LogP contribution in [0.5, 0.6) is 0 Å². The second-order valence-electron chi connectivity index (χ2n) is 4.84. The molecule has 0 aromatic heterocycles. The van der Waals surface area contributed by atoms with Crippen LogP contribution in [0.25, 0.3) is 5.32 Å². The number of hydrogen-bond donors (Lipinski definition) is 1. The first-order valence-corrected chi connectivity index (χ1v) is 6.95. The molecule has 1 saturated carbocycles. The monoisotopic (exact) mass is 287 g/mol. The summed E-state index contributed by atoms with van der Waals surface area (Å²) in [5.41, 5.74) is 2.13. The number of rotatable bonds is 8. The Hall–Kier alpha value is -0.710. The zero-order chi connectivity index (χ0) is 13.7. The molecular formula is C14H18ClF2N2-. The fraction of sp³-hybridized carbons (Fsp3) is 0.571. The first-order valence-electron chi connectivity index (χ1n) is 6.58. The van der Waals surface area contributed by atoms with E-state index in [-0.39, 0.29) is 6.54 Å². The van der Waals surface area contributed by atoms with Crippen LogP contribution in [0, 0.1) is 0 Å². The number of hydrogen-bond acceptors (Lipinski definition) is 1. The standard InChI is InChI=1S/C14H18ClF2N2/c15-13-4-1-10(5-6-18-9-14(16)17)7-11(13)8-19-12-2-3-12/h1,4,7,12,14,18H,2-3,5-6,8-9H2/q-1. The highest BCUT2D eigenvalue weighted by molar-refractivity contribution is 6.31. The van der Waals surface area contributed by atoms with Crippen molar-refractivity contribution in [2.24, 2.45) is 0 Å². The summed E-state index contributed by atoms with van der Waals surface area (Å²) in [5.74, 6) is 0. The minimum Gasteiger partial charge on any atom is -0.656 e. The van der Waals surface area contributed by atoms with Crippen LogP contribution in [0.2, 0.25) is 5.02 Å². The van der Waals surface area contributed by atoms with Crippen molar-refractivity contribution in [1.82, 2.24) is 5.32 Å². The minimum atomic E-state index is -2.29. The zero-order valence-electron chi connectivity index (χ0n) is 10.7. The molecule has 0 aliphatic heterocycles. The zero-order valence-corrected chi connectivity index (χ0v) is 11.5. The Labute approximate surface area is 117 Å². The van der Waals surface area contributed by atoms with Crippen LogP contribution in [0.15, 0.2) is 18.2 Å². The van der Waals surface area contributed by atoms with Crippen molar-refractivity contribution in [3.05, 3.63) is 39.7 Å². The third kappa shape index (κ3) is 5.43. The minimum absolute atomic E-state index is 0.253. The van der Waals surface area contributed by atoms with E-state index in [0.717, 1.165) is 22.6 Å². The van der Waals surface area contributed by atoms with Crippen LogP contribution in [0.4, 0.5) is 8.78 Å². The van der Waals surface area contributed by atoms with Crippen LogP contribution in [-0.4, -0.2) is 25.6 Å². The maximum atomic E-state index is 12.0. The Balaban J connectivity index is 1.80. The quantitative estimate of drug-likeness (QED) is 0.724. The van der Waals surface area contributed by atoms with E-state index in [4.69, 9.17) is 11.6 Å². The predicted octanol–water partition coefficient (Wildman–Crippen LogP) is 3.77. The van der Waals surface area contributed by atoms with Crippen LogP contribution >= 0.6 is 11.6 Å². The van der Waals surface area contributed by atoms with Gasteiger partial charge in [0.2, 0.25) is 0 Å². The smallest absolute Gasteiger partial charge is 0.250 e. The SMILES string of the molecule is FC(F)CNCCc1ccc(Cl)c(C[N-]C2CC2)c1. The van der Waals surface area contributed by atoms with E-state index in [1.54, 1.807) is 0 Å². The molecule has 0 radical (unpaired) electrons. The molecule has 1 fully saturated rings. The van der Waals surface area contributed by atoms with Gasteiger partial charge in [-0.2, -0.15) is 0 Å². The molecule has 2 nitrogen and oxygen atoms in total. The van der Waals surface area contributed by atoms with Gasteiger partial charge in [0.1, 0.15) is 0 Å². The highest BCUT2D eigenvalue weighted by Crippen LogP contribution is 2.31. The maximum Gasteiger partial charge on any atom is 0.250 e. The average Bonchev–Trinajstić information content (AvgIpc) is 3.18. The van der Waals surface area contributed by atoms with E-state index >= 15 is 0 Å². The lowest BCUT2D eigenvalue weighted by Gasteiger charge is -2.19. The van der Waals surface area contributed by atoms with Gasteiger partial charge in [-0.1, -0.05) is 36.6 Å². The Morgan fingerprint density at radius 3 is 2.84 bits per heavy atom. The van der Waals surface area contributed by atoms with Gasteiger partial charge in [0.15, 0.2) is 0 Å². The Bertz CT molecular complexity index is 408. The van der Waals surface area contributed by atoms with Gasteiger partial charge in [-0.15, -0.1) is 12.6 Å². The fourth-order valence-corrected chi connectivity index (χ4v) is 2.01.